The minimum absolute atomic E-state index is 0.298. The van der Waals surface area contributed by atoms with Crippen molar-refractivity contribution in [3.05, 3.63) is 28.8 Å². The van der Waals surface area contributed by atoms with Crippen molar-refractivity contribution in [1.29, 1.82) is 0 Å². The Kier molecular flexibility index (Phi) is 5.25. The van der Waals surface area contributed by atoms with E-state index in [0.717, 1.165) is 0 Å². The van der Waals surface area contributed by atoms with Crippen molar-refractivity contribution in [3.8, 4) is 5.75 Å². The summed E-state index contributed by atoms with van der Waals surface area (Å²) in [6.45, 7) is 2.06. The third-order valence-corrected chi connectivity index (χ3v) is 2.58. The quantitative estimate of drug-likeness (QED) is 0.846. The Hall–Kier alpha value is -1.26. The van der Waals surface area contributed by atoms with Gasteiger partial charge in [0.05, 0.1) is 23.8 Å². The number of hydrogen-bond donors (Lipinski definition) is 2. The Balaban J connectivity index is 2.74. The second kappa shape index (κ2) is 6.47. The van der Waals surface area contributed by atoms with Gasteiger partial charge in [-0.1, -0.05) is 17.7 Å². The summed E-state index contributed by atoms with van der Waals surface area (Å²) < 4.78 is 5.08. The smallest absolute Gasteiger partial charge is 0.256 e. The Morgan fingerprint density at radius 3 is 2.88 bits per heavy atom. The van der Waals surface area contributed by atoms with Gasteiger partial charge in [0, 0.05) is 6.54 Å². The molecule has 1 rings (SSSR count). The molecule has 1 aromatic rings. The first-order valence-corrected chi connectivity index (χ1v) is 5.72. The predicted molar refractivity (Wildman–Crippen MR) is 66.6 cm³/mol. The number of aliphatic hydroxyl groups is 1. The summed E-state index contributed by atoms with van der Waals surface area (Å²) in [6.07, 6.45) is 0.0573. The third-order valence-electron chi connectivity index (χ3n) is 2.27. The summed E-state index contributed by atoms with van der Waals surface area (Å²) >= 11 is 5.95. The average molecular weight is 258 g/mol. The van der Waals surface area contributed by atoms with Gasteiger partial charge < -0.3 is 15.2 Å². The number of ether oxygens (including phenoxy) is 1. The predicted octanol–water partition coefficient (Wildman–Crippen LogP) is 1.85. The molecular formula is C12H16ClNO3. The van der Waals surface area contributed by atoms with E-state index in [1.165, 1.54) is 7.11 Å². The van der Waals surface area contributed by atoms with E-state index < -0.39 is 6.10 Å². The number of carbonyl (C=O) groups is 1. The van der Waals surface area contributed by atoms with Crippen LogP contribution in [0.4, 0.5) is 0 Å². The summed E-state index contributed by atoms with van der Waals surface area (Å²) in [4.78, 5) is 11.9. The molecule has 0 saturated carbocycles. The van der Waals surface area contributed by atoms with Crippen LogP contribution in [0.1, 0.15) is 23.7 Å². The number of nitrogens with one attached hydrogen (secondary N) is 1. The van der Waals surface area contributed by atoms with E-state index in [1.54, 1.807) is 25.1 Å². The average Bonchev–Trinajstić information content (AvgIpc) is 2.27. The van der Waals surface area contributed by atoms with E-state index in [2.05, 4.69) is 5.32 Å². The number of amides is 1. The first-order chi connectivity index (χ1) is 8.06. The van der Waals surface area contributed by atoms with Crippen LogP contribution in [-0.2, 0) is 0 Å². The molecule has 4 nitrogen and oxygen atoms in total. The number of hydrogen-bond acceptors (Lipinski definition) is 3. The van der Waals surface area contributed by atoms with Crippen LogP contribution in [0.15, 0.2) is 18.2 Å². The molecule has 94 valence electrons. The first kappa shape index (κ1) is 13.8. The van der Waals surface area contributed by atoms with Gasteiger partial charge in [0.15, 0.2) is 0 Å². The molecule has 2 N–H and O–H groups in total. The van der Waals surface area contributed by atoms with Gasteiger partial charge in [-0.2, -0.15) is 0 Å². The molecule has 0 saturated heterocycles. The summed E-state index contributed by atoms with van der Waals surface area (Å²) in [5.74, 6) is 0.139. The van der Waals surface area contributed by atoms with Gasteiger partial charge in [0.25, 0.3) is 5.91 Å². The lowest BCUT2D eigenvalue weighted by Gasteiger charge is -2.11. The molecule has 1 unspecified atom stereocenters. The zero-order chi connectivity index (χ0) is 12.8. The molecule has 0 radical (unpaired) electrons. The third kappa shape index (κ3) is 3.91. The van der Waals surface area contributed by atoms with Gasteiger partial charge in [-0.05, 0) is 25.5 Å². The van der Waals surface area contributed by atoms with Crippen molar-refractivity contribution < 1.29 is 14.6 Å². The largest absolute Gasteiger partial charge is 0.496 e. The highest BCUT2D eigenvalue weighted by molar-refractivity contribution is 6.34. The maximum Gasteiger partial charge on any atom is 0.256 e. The summed E-state index contributed by atoms with van der Waals surface area (Å²) in [6, 6.07) is 5.02. The minimum atomic E-state index is -0.441. The van der Waals surface area contributed by atoms with Crippen molar-refractivity contribution in [2.75, 3.05) is 13.7 Å². The molecule has 17 heavy (non-hydrogen) atoms. The van der Waals surface area contributed by atoms with Crippen LogP contribution in [0.5, 0.6) is 5.75 Å². The van der Waals surface area contributed by atoms with Gasteiger partial charge in [-0.15, -0.1) is 0 Å². The van der Waals surface area contributed by atoms with Crippen molar-refractivity contribution in [2.45, 2.75) is 19.4 Å². The van der Waals surface area contributed by atoms with Crippen LogP contribution >= 0.6 is 11.6 Å². The zero-order valence-corrected chi connectivity index (χ0v) is 10.6. The number of rotatable bonds is 5. The lowest BCUT2D eigenvalue weighted by molar-refractivity contribution is 0.0943. The summed E-state index contributed by atoms with van der Waals surface area (Å²) in [7, 11) is 1.48. The summed E-state index contributed by atoms with van der Waals surface area (Å²) in [5.41, 5.74) is 0.322. The van der Waals surface area contributed by atoms with Gasteiger partial charge in [0.1, 0.15) is 5.75 Å². The Morgan fingerprint density at radius 2 is 2.29 bits per heavy atom. The van der Waals surface area contributed by atoms with Gasteiger partial charge in [-0.3, -0.25) is 4.79 Å². The van der Waals surface area contributed by atoms with E-state index in [4.69, 9.17) is 21.4 Å². The van der Waals surface area contributed by atoms with Gasteiger partial charge in [-0.25, -0.2) is 0 Å². The standard InChI is InChI=1S/C12H16ClNO3/c1-8(15)6-7-14-12(16)11-9(13)4-3-5-10(11)17-2/h3-5,8,15H,6-7H2,1-2H3,(H,14,16). The van der Waals surface area contributed by atoms with Gasteiger partial charge in [0.2, 0.25) is 0 Å². The normalized spacial score (nSPS) is 12.0. The zero-order valence-electron chi connectivity index (χ0n) is 9.87. The molecule has 1 aromatic carbocycles. The molecule has 1 amide bonds. The molecular weight excluding hydrogens is 242 g/mol. The van der Waals surface area contributed by atoms with Gasteiger partial charge >= 0.3 is 0 Å². The van der Waals surface area contributed by atoms with Crippen LogP contribution in [-0.4, -0.2) is 30.8 Å². The molecule has 0 bridgehead atoms. The van der Waals surface area contributed by atoms with E-state index in [0.29, 0.717) is 29.3 Å². The van der Waals surface area contributed by atoms with Crippen LogP contribution in [0.2, 0.25) is 5.02 Å². The van der Waals surface area contributed by atoms with E-state index in [1.807, 2.05) is 0 Å². The molecule has 0 spiro atoms. The number of methoxy groups -OCH3 is 1. The molecule has 0 aliphatic carbocycles. The van der Waals surface area contributed by atoms with Crippen LogP contribution in [0, 0.1) is 0 Å². The first-order valence-electron chi connectivity index (χ1n) is 5.35. The molecule has 5 heteroatoms. The van der Waals surface area contributed by atoms with E-state index >= 15 is 0 Å². The van der Waals surface area contributed by atoms with Crippen molar-refractivity contribution in [1.82, 2.24) is 5.32 Å². The molecule has 1 atom stereocenters. The SMILES string of the molecule is COc1cccc(Cl)c1C(=O)NCCC(C)O. The number of aliphatic hydroxyl groups excluding tert-OH is 1. The van der Waals surface area contributed by atoms with Crippen molar-refractivity contribution in [2.24, 2.45) is 0 Å². The fourth-order valence-corrected chi connectivity index (χ4v) is 1.63. The van der Waals surface area contributed by atoms with Crippen molar-refractivity contribution in [3.63, 3.8) is 0 Å². The lowest BCUT2D eigenvalue weighted by atomic mass is 10.2. The van der Waals surface area contributed by atoms with E-state index in [-0.39, 0.29) is 5.91 Å². The highest BCUT2D eigenvalue weighted by atomic mass is 35.5. The minimum Gasteiger partial charge on any atom is -0.496 e. The Bertz CT molecular complexity index is 393. The molecule has 0 heterocycles. The number of benzene rings is 1. The maximum atomic E-state index is 11.9. The van der Waals surface area contributed by atoms with Crippen LogP contribution in [0.3, 0.4) is 0 Å². The monoisotopic (exact) mass is 257 g/mol. The second-order valence-electron chi connectivity index (χ2n) is 3.71. The van der Waals surface area contributed by atoms with Crippen LogP contribution in [0.25, 0.3) is 0 Å². The molecule has 0 aliphatic heterocycles. The van der Waals surface area contributed by atoms with Crippen LogP contribution < -0.4 is 10.1 Å². The highest BCUT2D eigenvalue weighted by Crippen LogP contribution is 2.25. The maximum absolute atomic E-state index is 11.9. The Morgan fingerprint density at radius 1 is 1.59 bits per heavy atom. The molecule has 0 aromatic heterocycles. The highest BCUT2D eigenvalue weighted by Gasteiger charge is 2.15. The number of halogens is 1. The second-order valence-corrected chi connectivity index (χ2v) is 4.12. The fourth-order valence-electron chi connectivity index (χ4n) is 1.38. The number of carbonyl (C=O) groups excluding carboxylic acids is 1. The lowest BCUT2D eigenvalue weighted by Crippen LogP contribution is -2.27. The molecule has 0 fully saturated rings. The molecule has 0 aliphatic rings. The Labute approximate surface area is 106 Å². The van der Waals surface area contributed by atoms with E-state index in [9.17, 15) is 4.79 Å². The topological polar surface area (TPSA) is 58.6 Å². The fraction of sp³-hybridized carbons (Fsp3) is 0.417. The summed E-state index contributed by atoms with van der Waals surface area (Å²) in [5, 5.41) is 12.1. The van der Waals surface area contributed by atoms with Crippen molar-refractivity contribution >= 4 is 17.5 Å².